The van der Waals surface area contributed by atoms with Crippen molar-refractivity contribution in [1.29, 1.82) is 0 Å². The second kappa shape index (κ2) is 15.4. The molecule has 0 bridgehead atoms. The van der Waals surface area contributed by atoms with Gasteiger partial charge in [-0.05, 0) is 6.92 Å². The normalized spacial score (nSPS) is 9.29. The molecule has 1 atom stereocenters. The number of hydrogen-bond donors (Lipinski definition) is 2. The van der Waals surface area contributed by atoms with E-state index in [1.54, 1.807) is 0 Å². The number of hydrogen-bond acceptors (Lipinski definition) is 6. The van der Waals surface area contributed by atoms with Crippen LogP contribution in [0, 0.1) is 0 Å². The first kappa shape index (κ1) is 26.9. The zero-order valence-corrected chi connectivity index (χ0v) is 16.2. The summed E-state index contributed by atoms with van der Waals surface area (Å²) in [5, 5.41) is 35.2. The van der Waals surface area contributed by atoms with E-state index in [0.29, 0.717) is 0 Å². The van der Waals surface area contributed by atoms with Crippen LogP contribution in [-0.2, 0) is 14.4 Å². The summed E-state index contributed by atoms with van der Waals surface area (Å²) in [6.07, 6.45) is -2.89. The molecule has 0 aromatic carbocycles. The number of rotatable bonds is 4. The summed E-state index contributed by atoms with van der Waals surface area (Å²) >= 11 is 0. The average molecular weight is 296 g/mol. The minimum absolute atomic E-state index is 0. The van der Waals surface area contributed by atoms with Gasteiger partial charge in [0.25, 0.3) is 0 Å². The first-order chi connectivity index (χ1) is 6.68. The van der Waals surface area contributed by atoms with Crippen LogP contribution in [0.1, 0.15) is 13.3 Å². The first-order valence-electron chi connectivity index (χ1n) is 3.66. The Morgan fingerprint density at radius 3 is 1.59 bits per heavy atom. The molecule has 0 fully saturated rings. The molecule has 0 rings (SSSR count). The van der Waals surface area contributed by atoms with E-state index in [1.165, 1.54) is 6.92 Å². The Balaban J connectivity index is -0.0000000945. The SMILES string of the molecule is C=C(C)C(=O)O.O=C([O-])CC(O)C(=O)[O-].[K+].[K+]. The molecule has 0 radical (unpaired) electrons. The first-order valence-corrected chi connectivity index (χ1v) is 3.66. The Kier molecular flexibility index (Phi) is 24.4. The van der Waals surface area contributed by atoms with E-state index in [-0.39, 0.29) is 108 Å². The molecule has 0 saturated heterocycles. The second-order valence-corrected chi connectivity index (χ2v) is 2.50. The van der Waals surface area contributed by atoms with Crippen molar-refractivity contribution in [3.05, 3.63) is 12.2 Å². The molecule has 0 aromatic rings. The number of carbonyl (C=O) groups excluding carboxylic acids is 2. The Hall–Kier alpha value is 1.38. The van der Waals surface area contributed by atoms with E-state index < -0.39 is 30.4 Å². The van der Waals surface area contributed by atoms with E-state index in [9.17, 15) is 24.6 Å². The molecule has 0 aliphatic rings. The van der Waals surface area contributed by atoms with Crippen LogP contribution in [0.25, 0.3) is 0 Å². The number of carboxylic acid groups (broad SMARTS) is 3. The van der Waals surface area contributed by atoms with Crippen LogP contribution in [0.3, 0.4) is 0 Å². The van der Waals surface area contributed by atoms with E-state index in [4.69, 9.17) is 10.2 Å². The van der Waals surface area contributed by atoms with Crippen LogP contribution in [0.15, 0.2) is 12.2 Å². The van der Waals surface area contributed by atoms with Crippen molar-refractivity contribution in [2.24, 2.45) is 0 Å². The van der Waals surface area contributed by atoms with Crippen molar-refractivity contribution in [2.75, 3.05) is 0 Å². The van der Waals surface area contributed by atoms with Gasteiger partial charge in [0.1, 0.15) is 0 Å². The fraction of sp³-hybridized carbons (Fsp3) is 0.375. The van der Waals surface area contributed by atoms with Gasteiger partial charge < -0.3 is 30.0 Å². The Morgan fingerprint density at radius 2 is 1.53 bits per heavy atom. The second-order valence-electron chi connectivity index (χ2n) is 2.50. The van der Waals surface area contributed by atoms with Gasteiger partial charge in [-0.2, -0.15) is 0 Å². The van der Waals surface area contributed by atoms with Crippen molar-refractivity contribution in [1.82, 2.24) is 0 Å². The third-order valence-corrected chi connectivity index (χ3v) is 0.997. The van der Waals surface area contributed by atoms with E-state index >= 15 is 0 Å². The van der Waals surface area contributed by atoms with Crippen molar-refractivity contribution in [3.8, 4) is 0 Å². The molecule has 86 valence electrons. The summed E-state index contributed by atoms with van der Waals surface area (Å²) in [6, 6.07) is 0. The molecule has 7 nitrogen and oxygen atoms in total. The van der Waals surface area contributed by atoms with E-state index in [2.05, 4.69) is 6.58 Å². The van der Waals surface area contributed by atoms with Crippen LogP contribution in [0.5, 0.6) is 0 Å². The molecule has 0 amide bonds. The Labute approximate surface area is 183 Å². The zero-order valence-electron chi connectivity index (χ0n) is 9.93. The minimum Gasteiger partial charge on any atom is -0.550 e. The Morgan fingerprint density at radius 1 is 1.24 bits per heavy atom. The van der Waals surface area contributed by atoms with Gasteiger partial charge in [-0.25, -0.2) is 4.79 Å². The maximum atomic E-state index is 9.60. The predicted octanol–water partition coefficient (Wildman–Crippen LogP) is -9.11. The number of aliphatic hydroxyl groups is 1. The van der Waals surface area contributed by atoms with Gasteiger partial charge >= 0.3 is 109 Å². The summed E-state index contributed by atoms with van der Waals surface area (Å²) in [5.74, 6) is -4.36. The van der Waals surface area contributed by atoms with Crippen molar-refractivity contribution < 1.29 is 138 Å². The molecule has 0 aliphatic heterocycles. The summed E-state index contributed by atoms with van der Waals surface area (Å²) in [6.45, 7) is 4.60. The summed E-state index contributed by atoms with van der Waals surface area (Å²) in [4.78, 5) is 28.7. The van der Waals surface area contributed by atoms with E-state index in [1.807, 2.05) is 0 Å². The smallest absolute Gasteiger partial charge is 0.550 e. The Bertz CT molecular complexity index is 265. The molecule has 17 heavy (non-hydrogen) atoms. The van der Waals surface area contributed by atoms with Crippen molar-refractivity contribution in [2.45, 2.75) is 19.4 Å². The topological polar surface area (TPSA) is 138 Å². The van der Waals surface area contributed by atoms with Gasteiger partial charge in [-0.3, -0.25) is 0 Å². The molecule has 0 spiro atoms. The van der Waals surface area contributed by atoms with Gasteiger partial charge in [-0.1, -0.05) is 6.58 Å². The van der Waals surface area contributed by atoms with Crippen LogP contribution >= 0.6 is 0 Å². The number of aliphatic carboxylic acids is 3. The fourth-order valence-corrected chi connectivity index (χ4v) is 0.241. The summed E-state index contributed by atoms with van der Waals surface area (Å²) < 4.78 is 0. The maximum absolute atomic E-state index is 9.60. The molecule has 1 unspecified atom stereocenters. The van der Waals surface area contributed by atoms with Gasteiger partial charge in [0.2, 0.25) is 0 Å². The van der Waals surface area contributed by atoms with Gasteiger partial charge in [0, 0.05) is 18.0 Å². The number of carboxylic acids is 3. The van der Waals surface area contributed by atoms with Crippen LogP contribution in [0.4, 0.5) is 0 Å². The molecular weight excluding hydrogens is 286 g/mol. The molecular formula is C8H10K2O7. The third kappa shape index (κ3) is 23.0. The third-order valence-electron chi connectivity index (χ3n) is 0.997. The number of carbonyl (C=O) groups is 3. The standard InChI is InChI=1S/C4H6O5.C4H6O2.2K/c5-2(4(8)9)1-3(6)7;1-3(2)4(5)6;;/h2,5H,1H2,(H,6,7)(H,8,9);1H2,2H3,(H,5,6);;/q;;2*+1/p-2. The summed E-state index contributed by atoms with van der Waals surface area (Å²) in [5.41, 5.74) is 0.176. The molecule has 0 saturated carbocycles. The monoisotopic (exact) mass is 296 g/mol. The quantitative estimate of drug-likeness (QED) is 0.388. The van der Waals surface area contributed by atoms with Gasteiger partial charge in [-0.15, -0.1) is 0 Å². The van der Waals surface area contributed by atoms with Crippen molar-refractivity contribution >= 4 is 17.9 Å². The summed E-state index contributed by atoms with van der Waals surface area (Å²) in [7, 11) is 0. The average Bonchev–Trinajstić information content (AvgIpc) is 2.03. The van der Waals surface area contributed by atoms with Crippen LogP contribution in [0.2, 0.25) is 0 Å². The van der Waals surface area contributed by atoms with E-state index in [0.717, 1.165) is 0 Å². The molecule has 9 heteroatoms. The maximum Gasteiger partial charge on any atom is 1.00 e. The molecule has 0 aliphatic carbocycles. The molecule has 0 aromatic heterocycles. The van der Waals surface area contributed by atoms with Crippen molar-refractivity contribution in [3.63, 3.8) is 0 Å². The largest absolute Gasteiger partial charge is 1.00 e. The minimum atomic E-state index is -1.96. The predicted molar refractivity (Wildman–Crippen MR) is 43.1 cm³/mol. The number of aliphatic hydroxyl groups excluding tert-OH is 1. The fourth-order valence-electron chi connectivity index (χ4n) is 0.241. The zero-order chi connectivity index (χ0) is 12.6. The molecule has 2 N–H and O–H groups in total. The van der Waals surface area contributed by atoms with Crippen LogP contribution < -0.4 is 113 Å². The van der Waals surface area contributed by atoms with Crippen LogP contribution in [-0.4, -0.2) is 34.2 Å². The molecule has 0 heterocycles. The van der Waals surface area contributed by atoms with Gasteiger partial charge in [0.05, 0.1) is 12.1 Å². The van der Waals surface area contributed by atoms with Gasteiger partial charge in [0.15, 0.2) is 0 Å².